The minimum atomic E-state index is -0.881. The van der Waals surface area contributed by atoms with Gasteiger partial charge < -0.3 is 25.2 Å². The van der Waals surface area contributed by atoms with Crippen molar-refractivity contribution in [2.24, 2.45) is 11.8 Å². The normalized spacial score (nSPS) is 17.5. The molecule has 154 valence electrons. The maximum absolute atomic E-state index is 11.1. The number of esters is 2. The van der Waals surface area contributed by atoms with Crippen molar-refractivity contribution < 1.29 is 44.3 Å². The zero-order valence-electron chi connectivity index (χ0n) is 14.8. The van der Waals surface area contributed by atoms with Crippen molar-refractivity contribution in [2.75, 3.05) is 24.7 Å². The number of ether oxygens (including phenoxy) is 1. The van der Waals surface area contributed by atoms with Crippen LogP contribution in [-0.2, 0) is 23.9 Å². The molecule has 9 nitrogen and oxygen atoms in total. The number of cyclic esters (lactones) is 2. The van der Waals surface area contributed by atoms with Crippen LogP contribution in [-0.4, -0.2) is 69.0 Å². The zero-order chi connectivity index (χ0) is 21.1. The third kappa shape index (κ3) is 19.0. The third-order valence-corrected chi connectivity index (χ3v) is 3.26. The largest absolute Gasteiger partial charge is 0.481 e. The average molecular weight is 417 g/mol. The van der Waals surface area contributed by atoms with Gasteiger partial charge in [-0.25, -0.2) is 0 Å². The number of aliphatic hydroxyl groups excluding tert-OH is 2. The van der Waals surface area contributed by atoms with E-state index >= 15 is 0 Å². The molecule has 0 spiro atoms. The number of rotatable bonds is 6. The molecule has 0 amide bonds. The van der Waals surface area contributed by atoms with Gasteiger partial charge in [0.15, 0.2) is 0 Å². The fourth-order valence-corrected chi connectivity index (χ4v) is 1.43. The van der Waals surface area contributed by atoms with E-state index < -0.39 is 11.9 Å². The van der Waals surface area contributed by atoms with Crippen molar-refractivity contribution in [3.8, 4) is 0 Å². The van der Waals surface area contributed by atoms with Crippen molar-refractivity contribution in [1.82, 2.24) is 0 Å². The molecule has 1 rings (SSSR count). The van der Waals surface area contributed by atoms with E-state index in [1.165, 1.54) is 0 Å². The first-order valence-corrected chi connectivity index (χ1v) is 9.01. The van der Waals surface area contributed by atoms with Gasteiger partial charge in [0.2, 0.25) is 0 Å². The highest BCUT2D eigenvalue weighted by atomic mass is 32.1. The SMILES string of the molecule is CCCCC1C(=O)OC(=O)C1C.O=C(O)CS.O=C(O)CS.OCCO. The summed E-state index contributed by atoms with van der Waals surface area (Å²) in [6, 6.07) is 0. The highest BCUT2D eigenvalue weighted by molar-refractivity contribution is 7.81. The summed E-state index contributed by atoms with van der Waals surface area (Å²) in [5, 5.41) is 30.5. The second-order valence-electron chi connectivity index (χ2n) is 4.83. The van der Waals surface area contributed by atoms with Gasteiger partial charge in [-0.15, -0.1) is 0 Å². The first-order valence-electron chi connectivity index (χ1n) is 7.75. The van der Waals surface area contributed by atoms with Crippen LogP contribution in [0.15, 0.2) is 0 Å². The monoisotopic (exact) mass is 416 g/mol. The minimum Gasteiger partial charge on any atom is -0.481 e. The Kier molecular flexibility index (Phi) is 22.7. The van der Waals surface area contributed by atoms with Gasteiger partial charge in [0.25, 0.3) is 0 Å². The molecule has 1 aliphatic rings. The van der Waals surface area contributed by atoms with Crippen molar-refractivity contribution >= 4 is 49.1 Å². The third-order valence-electron chi connectivity index (χ3n) is 2.72. The van der Waals surface area contributed by atoms with Gasteiger partial charge in [-0.1, -0.05) is 26.7 Å². The summed E-state index contributed by atoms with van der Waals surface area (Å²) < 4.78 is 4.51. The van der Waals surface area contributed by atoms with E-state index in [1.807, 2.05) is 0 Å². The molecule has 0 bridgehead atoms. The molecule has 1 fully saturated rings. The number of carboxylic acid groups (broad SMARTS) is 2. The van der Waals surface area contributed by atoms with Gasteiger partial charge in [0.05, 0.1) is 36.6 Å². The molecule has 0 saturated carbocycles. The summed E-state index contributed by atoms with van der Waals surface area (Å²) in [4.78, 5) is 40.6. The summed E-state index contributed by atoms with van der Waals surface area (Å²) in [7, 11) is 0. The molecule has 26 heavy (non-hydrogen) atoms. The van der Waals surface area contributed by atoms with Gasteiger partial charge in [-0.2, -0.15) is 25.3 Å². The molecule has 2 atom stereocenters. The Morgan fingerprint density at radius 1 is 1.00 bits per heavy atom. The van der Waals surface area contributed by atoms with Crippen LogP contribution in [0.3, 0.4) is 0 Å². The van der Waals surface area contributed by atoms with Crippen LogP contribution in [0, 0.1) is 11.8 Å². The number of hydrogen-bond acceptors (Lipinski definition) is 9. The van der Waals surface area contributed by atoms with Crippen molar-refractivity contribution in [1.29, 1.82) is 0 Å². The van der Waals surface area contributed by atoms with Crippen LogP contribution in [0.2, 0.25) is 0 Å². The Labute approximate surface area is 163 Å². The number of thiol groups is 2. The second kappa shape index (κ2) is 20.0. The first kappa shape index (κ1) is 29.5. The lowest BCUT2D eigenvalue weighted by Gasteiger charge is -2.06. The summed E-state index contributed by atoms with van der Waals surface area (Å²) in [6.45, 7) is 3.57. The van der Waals surface area contributed by atoms with Crippen LogP contribution >= 0.6 is 25.3 Å². The summed E-state index contributed by atoms with van der Waals surface area (Å²) in [6.07, 6.45) is 2.81. The van der Waals surface area contributed by atoms with Crippen LogP contribution in [0.1, 0.15) is 33.1 Å². The van der Waals surface area contributed by atoms with Gasteiger partial charge in [-0.05, 0) is 6.42 Å². The lowest BCUT2D eigenvalue weighted by atomic mass is 9.92. The van der Waals surface area contributed by atoms with Gasteiger partial charge in [-0.3, -0.25) is 19.2 Å². The topological polar surface area (TPSA) is 158 Å². The Bertz CT molecular complexity index is 400. The lowest BCUT2D eigenvalue weighted by molar-refractivity contribution is -0.153. The summed E-state index contributed by atoms with van der Waals surface area (Å²) >= 11 is 6.83. The molecule has 0 aliphatic carbocycles. The van der Waals surface area contributed by atoms with E-state index in [0.717, 1.165) is 19.3 Å². The van der Waals surface area contributed by atoms with Crippen LogP contribution in [0.4, 0.5) is 0 Å². The highest BCUT2D eigenvalue weighted by Crippen LogP contribution is 2.27. The molecule has 0 aromatic carbocycles. The van der Waals surface area contributed by atoms with E-state index in [-0.39, 0.29) is 48.5 Å². The molecule has 0 aromatic heterocycles. The summed E-state index contributed by atoms with van der Waals surface area (Å²) in [5.74, 6) is -3.04. The highest BCUT2D eigenvalue weighted by Gasteiger charge is 2.40. The van der Waals surface area contributed by atoms with Crippen molar-refractivity contribution in [3.63, 3.8) is 0 Å². The summed E-state index contributed by atoms with van der Waals surface area (Å²) in [5.41, 5.74) is 0. The Morgan fingerprint density at radius 2 is 1.38 bits per heavy atom. The number of carbonyl (C=O) groups excluding carboxylic acids is 2. The van der Waals surface area contributed by atoms with Crippen LogP contribution in [0.25, 0.3) is 0 Å². The molecule has 0 radical (unpaired) electrons. The number of hydrogen-bond donors (Lipinski definition) is 6. The van der Waals surface area contributed by atoms with Crippen LogP contribution < -0.4 is 0 Å². The molecule has 1 heterocycles. The molecule has 1 aliphatic heterocycles. The Morgan fingerprint density at radius 3 is 1.58 bits per heavy atom. The van der Waals surface area contributed by atoms with Gasteiger partial charge in [0, 0.05) is 0 Å². The molecular formula is C15H28O9S2. The number of unbranched alkanes of at least 4 members (excludes halogenated alkanes) is 1. The van der Waals surface area contributed by atoms with Crippen molar-refractivity contribution in [3.05, 3.63) is 0 Å². The quantitative estimate of drug-likeness (QED) is 0.206. The fraction of sp³-hybridized carbons (Fsp3) is 0.733. The standard InChI is InChI=1S/C9H14O3.2C2H4O2S.C2H6O2/c1-3-4-5-7-6(2)8(10)12-9(7)11;2*3-2(4)1-5;3-1-2-4/h6-7H,3-5H2,1-2H3;2*5H,1H2,(H,3,4);3-4H,1-2H2. The Hall–Kier alpha value is -1.30. The van der Waals surface area contributed by atoms with E-state index in [2.05, 4.69) is 36.9 Å². The maximum Gasteiger partial charge on any atom is 0.317 e. The smallest absolute Gasteiger partial charge is 0.317 e. The molecule has 4 N–H and O–H groups in total. The predicted molar refractivity (Wildman–Crippen MR) is 100 cm³/mol. The van der Waals surface area contributed by atoms with E-state index in [1.54, 1.807) is 6.92 Å². The molecule has 1 saturated heterocycles. The fourth-order valence-electron chi connectivity index (χ4n) is 1.43. The lowest BCUT2D eigenvalue weighted by Crippen LogP contribution is -2.14. The first-order chi connectivity index (χ1) is 12.1. The van der Waals surface area contributed by atoms with E-state index in [4.69, 9.17) is 20.4 Å². The van der Waals surface area contributed by atoms with E-state index in [0.29, 0.717) is 0 Å². The second-order valence-corrected chi connectivity index (χ2v) is 5.46. The van der Waals surface area contributed by atoms with Crippen molar-refractivity contribution in [2.45, 2.75) is 33.1 Å². The van der Waals surface area contributed by atoms with E-state index in [9.17, 15) is 19.2 Å². The Balaban J connectivity index is -0.000000316. The number of carboxylic acids is 2. The maximum atomic E-state index is 11.1. The number of aliphatic hydroxyl groups is 2. The van der Waals surface area contributed by atoms with Crippen LogP contribution in [0.5, 0.6) is 0 Å². The molecular weight excluding hydrogens is 388 g/mol. The molecule has 0 aromatic rings. The van der Waals surface area contributed by atoms with Gasteiger partial charge >= 0.3 is 23.9 Å². The van der Waals surface area contributed by atoms with Gasteiger partial charge in [0.1, 0.15) is 0 Å². The zero-order valence-corrected chi connectivity index (χ0v) is 16.6. The number of carbonyl (C=O) groups is 4. The predicted octanol–water partition coefficient (Wildman–Crippen LogP) is 0.485. The number of aliphatic carboxylic acids is 2. The molecule has 11 heteroatoms. The molecule has 2 unspecified atom stereocenters. The average Bonchev–Trinajstić information content (AvgIpc) is 2.86. The minimum absolute atomic E-state index is 0.0833.